The number of methoxy groups -OCH3 is 4. The molecule has 1 fully saturated rings. The molecule has 0 bridgehead atoms. The zero-order valence-electron chi connectivity index (χ0n) is 16.8. The van der Waals surface area contributed by atoms with Crippen LogP contribution in [0.5, 0.6) is 23.0 Å². The highest BCUT2D eigenvalue weighted by atomic mass is 16.6. The van der Waals surface area contributed by atoms with Crippen LogP contribution in [0, 0.1) is 11.8 Å². The summed E-state index contributed by atoms with van der Waals surface area (Å²) in [6.45, 7) is 0.521. The van der Waals surface area contributed by atoms with E-state index in [1.54, 1.807) is 28.4 Å². The van der Waals surface area contributed by atoms with Crippen LogP contribution in [0.4, 0.5) is 0 Å². The van der Waals surface area contributed by atoms with E-state index in [2.05, 4.69) is 0 Å². The lowest BCUT2D eigenvalue weighted by Gasteiger charge is -2.21. The molecule has 0 saturated carbocycles. The van der Waals surface area contributed by atoms with E-state index >= 15 is 0 Å². The Kier molecular flexibility index (Phi) is 6.65. The van der Waals surface area contributed by atoms with Crippen LogP contribution >= 0.6 is 0 Å². The van der Waals surface area contributed by atoms with E-state index in [4.69, 9.17) is 23.7 Å². The summed E-state index contributed by atoms with van der Waals surface area (Å²) < 4.78 is 27.0. The summed E-state index contributed by atoms with van der Waals surface area (Å²) in [5.41, 5.74) is 2.20. The normalized spacial score (nSPS) is 21.4. The number of aliphatic hydroxyl groups is 1. The third kappa shape index (κ3) is 4.34. The Hall–Kier alpha value is -2.44. The fraction of sp³-hybridized carbons (Fsp3) is 0.455. The number of aliphatic hydroxyl groups excluding tert-OH is 1. The largest absolute Gasteiger partial charge is 0.493 e. The van der Waals surface area contributed by atoms with Gasteiger partial charge < -0.3 is 28.8 Å². The molecule has 0 unspecified atom stereocenters. The highest BCUT2D eigenvalue weighted by Crippen LogP contribution is 2.36. The van der Waals surface area contributed by atoms with Crippen LogP contribution in [0.3, 0.4) is 0 Å². The van der Waals surface area contributed by atoms with Gasteiger partial charge in [0.1, 0.15) is 0 Å². The van der Waals surface area contributed by atoms with Crippen LogP contribution in [-0.4, -0.2) is 46.4 Å². The maximum absolute atomic E-state index is 10.4. The summed E-state index contributed by atoms with van der Waals surface area (Å²) in [6, 6.07) is 11.8. The first kappa shape index (κ1) is 20.3. The first-order valence-corrected chi connectivity index (χ1v) is 9.31. The molecule has 0 amide bonds. The van der Waals surface area contributed by atoms with Crippen molar-refractivity contribution in [1.29, 1.82) is 0 Å². The highest BCUT2D eigenvalue weighted by molar-refractivity contribution is 5.44. The molecule has 6 heteroatoms. The van der Waals surface area contributed by atoms with Gasteiger partial charge in [-0.15, -0.1) is 0 Å². The summed E-state index contributed by atoms with van der Waals surface area (Å²) in [6.07, 6.45) is 0.702. The molecule has 1 heterocycles. The van der Waals surface area contributed by atoms with E-state index < -0.39 is 6.29 Å². The van der Waals surface area contributed by atoms with Gasteiger partial charge in [-0.3, -0.25) is 0 Å². The molecule has 1 aliphatic heterocycles. The van der Waals surface area contributed by atoms with E-state index in [1.165, 1.54) is 0 Å². The molecule has 3 rings (SSSR count). The molecule has 1 aliphatic rings. The lowest BCUT2D eigenvalue weighted by molar-refractivity contribution is -0.0820. The molecular formula is C22H28O6. The Labute approximate surface area is 165 Å². The third-order valence-corrected chi connectivity index (χ3v) is 5.32. The van der Waals surface area contributed by atoms with Crippen LogP contribution in [0.25, 0.3) is 0 Å². The van der Waals surface area contributed by atoms with Crippen molar-refractivity contribution < 1.29 is 28.8 Å². The topological polar surface area (TPSA) is 66.4 Å². The molecule has 0 aromatic heterocycles. The predicted octanol–water partition coefficient (Wildman–Crippen LogP) is 3.09. The molecule has 2 aromatic rings. The van der Waals surface area contributed by atoms with Gasteiger partial charge in [0.2, 0.25) is 0 Å². The molecule has 0 aliphatic carbocycles. The quantitative estimate of drug-likeness (QED) is 0.750. The van der Waals surface area contributed by atoms with Crippen molar-refractivity contribution in [3.8, 4) is 23.0 Å². The lowest BCUT2D eigenvalue weighted by Crippen LogP contribution is -2.24. The molecule has 1 N–H and O–H groups in total. The molecule has 3 atom stereocenters. The van der Waals surface area contributed by atoms with Gasteiger partial charge in [-0.25, -0.2) is 0 Å². The molecule has 2 aromatic carbocycles. The van der Waals surface area contributed by atoms with Crippen LogP contribution in [0.2, 0.25) is 0 Å². The smallest absolute Gasteiger partial charge is 0.160 e. The summed E-state index contributed by atoms with van der Waals surface area (Å²) in [5, 5.41) is 10.4. The minimum atomic E-state index is -0.779. The highest BCUT2D eigenvalue weighted by Gasteiger charge is 2.36. The number of benzene rings is 2. The van der Waals surface area contributed by atoms with Gasteiger partial charge in [0.15, 0.2) is 29.3 Å². The van der Waals surface area contributed by atoms with Gasteiger partial charge in [-0.05, 0) is 54.2 Å². The van der Waals surface area contributed by atoms with Gasteiger partial charge >= 0.3 is 0 Å². The second kappa shape index (κ2) is 9.17. The Morgan fingerprint density at radius 2 is 1.29 bits per heavy atom. The standard InChI is InChI=1S/C22H28O6/c1-24-18-7-5-14(11-20(18)26-3)9-16-13-28-22(23)17(16)10-15-6-8-19(25-2)21(12-15)27-4/h5-8,11-12,16-17,22-23H,9-10,13H2,1-4H3/t16-,17-,22-/m1/s1. The maximum atomic E-state index is 10.4. The zero-order chi connectivity index (χ0) is 20.1. The minimum absolute atomic E-state index is 0.00815. The molecule has 1 saturated heterocycles. The maximum Gasteiger partial charge on any atom is 0.160 e. The molecule has 0 radical (unpaired) electrons. The third-order valence-electron chi connectivity index (χ3n) is 5.32. The van der Waals surface area contributed by atoms with Crippen molar-refractivity contribution in [1.82, 2.24) is 0 Å². The van der Waals surface area contributed by atoms with Crippen molar-refractivity contribution in [2.75, 3.05) is 35.0 Å². The lowest BCUT2D eigenvalue weighted by atomic mass is 9.84. The van der Waals surface area contributed by atoms with Gasteiger partial charge in [0.05, 0.1) is 35.0 Å². The van der Waals surface area contributed by atoms with E-state index in [9.17, 15) is 5.11 Å². The van der Waals surface area contributed by atoms with E-state index in [1.807, 2.05) is 36.4 Å². The van der Waals surface area contributed by atoms with E-state index in [-0.39, 0.29) is 11.8 Å². The monoisotopic (exact) mass is 388 g/mol. The second-order valence-electron chi connectivity index (χ2n) is 6.93. The summed E-state index contributed by atoms with van der Waals surface area (Å²) in [4.78, 5) is 0. The first-order valence-electron chi connectivity index (χ1n) is 9.31. The summed E-state index contributed by atoms with van der Waals surface area (Å²) >= 11 is 0. The molecule has 152 valence electrons. The van der Waals surface area contributed by atoms with Gasteiger partial charge in [0, 0.05) is 5.92 Å². The number of rotatable bonds is 8. The fourth-order valence-electron chi connectivity index (χ4n) is 3.77. The van der Waals surface area contributed by atoms with Crippen LogP contribution in [-0.2, 0) is 17.6 Å². The van der Waals surface area contributed by atoms with E-state index in [0.29, 0.717) is 36.0 Å². The van der Waals surface area contributed by atoms with Crippen molar-refractivity contribution >= 4 is 0 Å². The van der Waals surface area contributed by atoms with E-state index in [0.717, 1.165) is 17.5 Å². The van der Waals surface area contributed by atoms with Crippen LogP contribution in [0.15, 0.2) is 36.4 Å². The SMILES string of the molecule is COc1ccc(C[C@@H]2CO[C@@H](O)[C@@H]2Cc2ccc(OC)c(OC)c2)cc1OC. The van der Waals surface area contributed by atoms with Crippen molar-refractivity contribution in [3.63, 3.8) is 0 Å². The van der Waals surface area contributed by atoms with Gasteiger partial charge in [0.25, 0.3) is 0 Å². The van der Waals surface area contributed by atoms with Crippen molar-refractivity contribution in [3.05, 3.63) is 47.5 Å². The number of ether oxygens (including phenoxy) is 5. The number of hydrogen-bond donors (Lipinski definition) is 1. The molecule has 6 nitrogen and oxygen atoms in total. The van der Waals surface area contributed by atoms with Crippen molar-refractivity contribution in [2.24, 2.45) is 11.8 Å². The predicted molar refractivity (Wildman–Crippen MR) is 105 cm³/mol. The average Bonchev–Trinajstić information content (AvgIpc) is 3.06. The summed E-state index contributed by atoms with van der Waals surface area (Å²) in [5.74, 6) is 2.97. The number of hydrogen-bond acceptors (Lipinski definition) is 6. The minimum Gasteiger partial charge on any atom is -0.493 e. The zero-order valence-corrected chi connectivity index (χ0v) is 16.8. The molecule has 28 heavy (non-hydrogen) atoms. The molecular weight excluding hydrogens is 360 g/mol. The molecule has 0 spiro atoms. The Balaban J connectivity index is 1.75. The Morgan fingerprint density at radius 1 is 0.786 bits per heavy atom. The van der Waals surface area contributed by atoms with Crippen LogP contribution < -0.4 is 18.9 Å². The average molecular weight is 388 g/mol. The Bertz CT molecular complexity index is 791. The van der Waals surface area contributed by atoms with Crippen LogP contribution in [0.1, 0.15) is 11.1 Å². The van der Waals surface area contributed by atoms with Crippen molar-refractivity contribution in [2.45, 2.75) is 19.1 Å². The van der Waals surface area contributed by atoms with Gasteiger partial charge in [-0.2, -0.15) is 0 Å². The summed E-state index contributed by atoms with van der Waals surface area (Å²) in [7, 11) is 6.49. The Morgan fingerprint density at radius 3 is 1.79 bits per heavy atom. The fourth-order valence-corrected chi connectivity index (χ4v) is 3.77. The first-order chi connectivity index (χ1) is 13.6. The second-order valence-corrected chi connectivity index (χ2v) is 6.93. The van der Waals surface area contributed by atoms with Gasteiger partial charge in [-0.1, -0.05) is 12.1 Å².